The molecule has 0 radical (unpaired) electrons. The molecule has 0 spiro atoms. The normalized spacial score (nSPS) is 14.3. The summed E-state index contributed by atoms with van der Waals surface area (Å²) in [6, 6.07) is 21.3. The standard InChI is InChI=1S/C27H36N6/c1-4-22-12-14-24(15-13-22)28-25-21-26(31(2)3)30-27(29-25)33-19-17-32(18-20-33)16-8-11-23-9-6-5-7-10-23/h5-7,9-10,12-15,21H,4,8,11,16-20H2,1-3H3,(H,28,29,30). The number of aromatic nitrogens is 2. The van der Waals surface area contributed by atoms with Crippen LogP contribution in [0.3, 0.4) is 0 Å². The van der Waals surface area contributed by atoms with Crippen molar-refractivity contribution in [3.8, 4) is 0 Å². The number of nitrogens with zero attached hydrogens (tertiary/aromatic N) is 5. The minimum atomic E-state index is 0.804. The molecule has 0 aliphatic carbocycles. The summed E-state index contributed by atoms with van der Waals surface area (Å²) >= 11 is 0. The Balaban J connectivity index is 1.36. The minimum absolute atomic E-state index is 0.804. The summed E-state index contributed by atoms with van der Waals surface area (Å²) in [5, 5.41) is 3.47. The lowest BCUT2D eigenvalue weighted by atomic mass is 10.1. The van der Waals surface area contributed by atoms with Crippen LogP contribution >= 0.6 is 0 Å². The van der Waals surface area contributed by atoms with E-state index in [9.17, 15) is 0 Å². The van der Waals surface area contributed by atoms with Crippen molar-refractivity contribution in [3.63, 3.8) is 0 Å². The molecule has 174 valence electrons. The van der Waals surface area contributed by atoms with Crippen LogP contribution in [0.5, 0.6) is 0 Å². The summed E-state index contributed by atoms with van der Waals surface area (Å²) in [4.78, 5) is 16.6. The number of rotatable bonds is 9. The van der Waals surface area contributed by atoms with Gasteiger partial charge < -0.3 is 15.1 Å². The topological polar surface area (TPSA) is 47.5 Å². The summed E-state index contributed by atoms with van der Waals surface area (Å²) in [7, 11) is 4.05. The van der Waals surface area contributed by atoms with Gasteiger partial charge in [-0.3, -0.25) is 4.90 Å². The van der Waals surface area contributed by atoms with E-state index in [-0.39, 0.29) is 0 Å². The van der Waals surface area contributed by atoms with Crippen LogP contribution in [0.15, 0.2) is 60.7 Å². The van der Waals surface area contributed by atoms with Crippen molar-refractivity contribution in [2.24, 2.45) is 0 Å². The van der Waals surface area contributed by atoms with Crippen molar-refractivity contribution >= 4 is 23.3 Å². The van der Waals surface area contributed by atoms with Crippen molar-refractivity contribution in [2.75, 3.05) is 61.9 Å². The maximum atomic E-state index is 4.86. The highest BCUT2D eigenvalue weighted by Gasteiger charge is 2.20. The molecular formula is C27H36N6. The molecule has 6 nitrogen and oxygen atoms in total. The van der Waals surface area contributed by atoms with Gasteiger partial charge in [-0.05, 0) is 49.1 Å². The third-order valence-electron chi connectivity index (χ3n) is 6.23. The molecule has 3 aromatic rings. The molecule has 1 aromatic heterocycles. The number of anilines is 4. The Morgan fingerprint density at radius 1 is 0.879 bits per heavy atom. The highest BCUT2D eigenvalue weighted by atomic mass is 15.3. The molecule has 0 atom stereocenters. The Morgan fingerprint density at radius 2 is 1.61 bits per heavy atom. The summed E-state index contributed by atoms with van der Waals surface area (Å²) in [6.45, 7) is 7.31. The summed E-state index contributed by atoms with van der Waals surface area (Å²) in [5.41, 5.74) is 3.80. The molecule has 1 N–H and O–H groups in total. The molecule has 2 aromatic carbocycles. The second-order valence-electron chi connectivity index (χ2n) is 8.90. The van der Waals surface area contributed by atoms with Crippen LogP contribution < -0.4 is 15.1 Å². The van der Waals surface area contributed by atoms with Gasteiger partial charge in [0.2, 0.25) is 5.95 Å². The SMILES string of the molecule is CCc1ccc(Nc2cc(N(C)C)nc(N3CCN(CCCc4ccccc4)CC3)n2)cc1. The summed E-state index contributed by atoms with van der Waals surface area (Å²) in [6.07, 6.45) is 3.38. The second-order valence-corrected chi connectivity index (χ2v) is 8.90. The van der Waals surface area contributed by atoms with Crippen LogP contribution in [0, 0.1) is 0 Å². The Labute approximate surface area is 198 Å². The second kappa shape index (κ2) is 11.1. The van der Waals surface area contributed by atoms with E-state index in [0.717, 1.165) is 68.8 Å². The van der Waals surface area contributed by atoms with Crippen molar-refractivity contribution in [3.05, 3.63) is 71.8 Å². The summed E-state index contributed by atoms with van der Waals surface area (Å²) in [5.74, 6) is 2.55. The number of benzene rings is 2. The van der Waals surface area contributed by atoms with Gasteiger partial charge in [0.1, 0.15) is 11.6 Å². The highest BCUT2D eigenvalue weighted by molar-refractivity contribution is 5.62. The number of aryl methyl sites for hydroxylation is 2. The van der Waals surface area contributed by atoms with Gasteiger partial charge in [0.15, 0.2) is 0 Å². The largest absolute Gasteiger partial charge is 0.363 e. The first-order valence-corrected chi connectivity index (χ1v) is 12.0. The Kier molecular flexibility index (Phi) is 7.79. The molecule has 0 amide bonds. The van der Waals surface area contributed by atoms with Crippen LogP contribution in [0.25, 0.3) is 0 Å². The fraction of sp³-hybridized carbons (Fsp3) is 0.407. The van der Waals surface area contributed by atoms with Gasteiger partial charge in [-0.2, -0.15) is 9.97 Å². The van der Waals surface area contributed by atoms with Crippen molar-refractivity contribution < 1.29 is 0 Å². The van der Waals surface area contributed by atoms with E-state index in [1.165, 1.54) is 17.5 Å². The smallest absolute Gasteiger partial charge is 0.229 e. The highest BCUT2D eigenvalue weighted by Crippen LogP contribution is 2.23. The van der Waals surface area contributed by atoms with E-state index < -0.39 is 0 Å². The van der Waals surface area contributed by atoms with Gasteiger partial charge in [-0.1, -0.05) is 49.4 Å². The van der Waals surface area contributed by atoms with Crippen LogP contribution in [0.2, 0.25) is 0 Å². The maximum absolute atomic E-state index is 4.86. The van der Waals surface area contributed by atoms with E-state index in [4.69, 9.17) is 9.97 Å². The molecule has 0 unspecified atom stereocenters. The lowest BCUT2D eigenvalue weighted by Gasteiger charge is -2.35. The molecule has 4 rings (SSSR count). The third kappa shape index (κ3) is 6.45. The van der Waals surface area contributed by atoms with E-state index in [1.54, 1.807) is 0 Å². The minimum Gasteiger partial charge on any atom is -0.363 e. The first-order valence-electron chi connectivity index (χ1n) is 12.0. The first kappa shape index (κ1) is 23.1. The predicted octanol–water partition coefficient (Wildman–Crippen LogP) is 4.60. The fourth-order valence-corrected chi connectivity index (χ4v) is 4.15. The van der Waals surface area contributed by atoms with Crippen molar-refractivity contribution in [1.29, 1.82) is 0 Å². The Hall–Kier alpha value is -3.12. The van der Waals surface area contributed by atoms with Gasteiger partial charge in [0.05, 0.1) is 0 Å². The average molecular weight is 445 g/mol. The molecule has 0 bridgehead atoms. The Morgan fingerprint density at radius 3 is 2.27 bits per heavy atom. The zero-order chi connectivity index (χ0) is 23.0. The number of hydrogen-bond donors (Lipinski definition) is 1. The molecule has 1 aliphatic rings. The number of nitrogens with one attached hydrogen (secondary N) is 1. The fourth-order valence-electron chi connectivity index (χ4n) is 4.15. The van der Waals surface area contributed by atoms with Gasteiger partial charge in [0.25, 0.3) is 0 Å². The molecular weight excluding hydrogens is 408 g/mol. The van der Waals surface area contributed by atoms with Gasteiger partial charge >= 0.3 is 0 Å². The zero-order valence-corrected chi connectivity index (χ0v) is 20.2. The first-order chi connectivity index (χ1) is 16.1. The van der Waals surface area contributed by atoms with Gasteiger partial charge in [-0.15, -0.1) is 0 Å². The van der Waals surface area contributed by atoms with Crippen LogP contribution in [0.1, 0.15) is 24.5 Å². The van der Waals surface area contributed by atoms with Crippen molar-refractivity contribution in [1.82, 2.24) is 14.9 Å². The van der Waals surface area contributed by atoms with E-state index in [0.29, 0.717) is 0 Å². The average Bonchev–Trinajstić information content (AvgIpc) is 2.85. The van der Waals surface area contributed by atoms with Crippen molar-refractivity contribution in [2.45, 2.75) is 26.2 Å². The third-order valence-corrected chi connectivity index (χ3v) is 6.23. The van der Waals surface area contributed by atoms with Crippen LogP contribution in [-0.4, -0.2) is 61.7 Å². The molecule has 1 aliphatic heterocycles. The molecule has 33 heavy (non-hydrogen) atoms. The number of hydrogen-bond acceptors (Lipinski definition) is 6. The molecule has 0 saturated carbocycles. The molecule has 1 saturated heterocycles. The predicted molar refractivity (Wildman–Crippen MR) is 139 cm³/mol. The van der Waals surface area contributed by atoms with E-state index in [1.807, 2.05) is 25.1 Å². The monoisotopic (exact) mass is 444 g/mol. The molecule has 2 heterocycles. The number of piperazine rings is 1. The van der Waals surface area contributed by atoms with Crippen LogP contribution in [0.4, 0.5) is 23.3 Å². The molecule has 1 fully saturated rings. The lowest BCUT2D eigenvalue weighted by Crippen LogP contribution is -2.47. The lowest BCUT2D eigenvalue weighted by molar-refractivity contribution is 0.254. The maximum Gasteiger partial charge on any atom is 0.229 e. The van der Waals surface area contributed by atoms with Gasteiger partial charge in [-0.25, -0.2) is 0 Å². The van der Waals surface area contributed by atoms with Gasteiger partial charge in [0, 0.05) is 52.0 Å². The summed E-state index contributed by atoms with van der Waals surface area (Å²) < 4.78 is 0. The Bertz CT molecular complexity index is 995. The molecule has 6 heteroatoms. The quantitative estimate of drug-likeness (QED) is 0.520. The van der Waals surface area contributed by atoms with E-state index >= 15 is 0 Å². The van der Waals surface area contributed by atoms with E-state index in [2.05, 4.69) is 76.6 Å². The van der Waals surface area contributed by atoms with Crippen LogP contribution in [-0.2, 0) is 12.8 Å². The zero-order valence-electron chi connectivity index (χ0n) is 20.2.